The van der Waals surface area contributed by atoms with E-state index < -0.39 is 23.6 Å². The van der Waals surface area contributed by atoms with Gasteiger partial charge in [-0.3, -0.25) is 19.9 Å². The highest BCUT2D eigenvalue weighted by Crippen LogP contribution is 2.38. The number of carbonyl (C=O) groups is 3. The zero-order chi connectivity index (χ0) is 31.4. The lowest BCUT2D eigenvalue weighted by atomic mass is 9.85. The number of anilines is 1. The monoisotopic (exact) mass is 627 g/mol. The molecule has 0 radical (unpaired) electrons. The second-order valence-electron chi connectivity index (χ2n) is 9.84. The second-order valence-corrected chi connectivity index (χ2v) is 10.6. The normalized spacial score (nSPS) is 22.3. The number of alkyl halides is 3. The van der Waals surface area contributed by atoms with Gasteiger partial charge in [-0.05, 0) is 56.5 Å². The number of aliphatic carboxylic acids is 1. The molecule has 2 amide bonds. The van der Waals surface area contributed by atoms with E-state index in [4.69, 9.17) is 43.2 Å². The van der Waals surface area contributed by atoms with Gasteiger partial charge in [0.25, 0.3) is 5.91 Å². The van der Waals surface area contributed by atoms with Crippen LogP contribution in [0.15, 0.2) is 36.4 Å². The standard InChI is InChI=1S/C25H25Cl2N5O3.C2HF3O2/c1-14-10-17(8-9-35-14)32-21(33)12-25(2,31-24(32)29)18-4-3-5-20(22(18)27)30-23(34)15-6-7-19(26)16(11-15)13-28;3-2(4,5)1(6)7/h3-7,11,14,17H,8-10,12H2,1-2H3,(H2,29,31)(H,30,34);(H,6,7)/t14-,17-,25+;/m1./s1. The highest BCUT2D eigenvalue weighted by atomic mass is 35.5. The fourth-order valence-corrected chi connectivity index (χ4v) is 5.18. The molecule has 0 aliphatic carbocycles. The number of benzene rings is 2. The van der Waals surface area contributed by atoms with Crippen molar-refractivity contribution in [1.29, 1.82) is 10.7 Å². The summed E-state index contributed by atoms with van der Waals surface area (Å²) in [7, 11) is 0. The molecule has 3 atom stereocenters. The van der Waals surface area contributed by atoms with Crippen molar-refractivity contribution < 1.29 is 37.4 Å². The van der Waals surface area contributed by atoms with Crippen LogP contribution in [-0.2, 0) is 19.9 Å². The predicted molar refractivity (Wildman–Crippen MR) is 147 cm³/mol. The number of hydrogen-bond donors (Lipinski definition) is 4. The van der Waals surface area contributed by atoms with Gasteiger partial charge in [0.15, 0.2) is 5.96 Å². The number of guanidine groups is 1. The van der Waals surface area contributed by atoms with Crippen molar-refractivity contribution in [2.45, 2.75) is 57.0 Å². The summed E-state index contributed by atoms with van der Waals surface area (Å²) in [5.74, 6) is -3.35. The van der Waals surface area contributed by atoms with Crippen molar-refractivity contribution in [3.8, 4) is 6.07 Å². The Hall–Kier alpha value is -3.86. The third kappa shape index (κ3) is 7.50. The number of amides is 2. The molecular formula is C27H26Cl2F3N5O5. The van der Waals surface area contributed by atoms with Gasteiger partial charge in [0.1, 0.15) is 6.07 Å². The number of carboxylic acid groups (broad SMARTS) is 1. The molecule has 2 saturated heterocycles. The van der Waals surface area contributed by atoms with Gasteiger partial charge in [-0.25, -0.2) is 4.79 Å². The Morgan fingerprint density at radius 1 is 1.29 bits per heavy atom. The lowest BCUT2D eigenvalue weighted by Gasteiger charge is -2.45. The smallest absolute Gasteiger partial charge is 0.475 e. The van der Waals surface area contributed by atoms with Crippen molar-refractivity contribution in [3.05, 3.63) is 63.1 Å². The van der Waals surface area contributed by atoms with E-state index in [-0.39, 0.29) is 51.6 Å². The molecule has 42 heavy (non-hydrogen) atoms. The zero-order valence-corrected chi connectivity index (χ0v) is 23.8. The fraction of sp³-hybridized carbons (Fsp3) is 0.370. The number of rotatable bonds is 4. The van der Waals surface area contributed by atoms with Crippen molar-refractivity contribution in [2.75, 3.05) is 11.9 Å². The Kier molecular flexibility index (Phi) is 10.1. The molecule has 2 fully saturated rings. The van der Waals surface area contributed by atoms with Gasteiger partial charge in [-0.2, -0.15) is 18.4 Å². The fourth-order valence-electron chi connectivity index (χ4n) is 4.64. The molecule has 2 aliphatic heterocycles. The Labute approximate surface area is 248 Å². The molecule has 2 heterocycles. The van der Waals surface area contributed by atoms with Crippen LogP contribution in [0.25, 0.3) is 0 Å². The summed E-state index contributed by atoms with van der Waals surface area (Å²) < 4.78 is 37.3. The van der Waals surface area contributed by atoms with Gasteiger partial charge in [-0.15, -0.1) is 0 Å². The SMILES string of the molecule is C[C@@H]1C[C@H](N2C(=N)N[C@](C)(c3cccc(NC(=O)c4ccc(Cl)c(C#N)c4)c3Cl)CC2=O)CCO1.O=C(O)C(F)(F)F. The van der Waals surface area contributed by atoms with E-state index in [2.05, 4.69) is 10.6 Å². The Bertz CT molecular complexity index is 1430. The van der Waals surface area contributed by atoms with Gasteiger partial charge in [0.2, 0.25) is 5.91 Å². The van der Waals surface area contributed by atoms with E-state index in [0.29, 0.717) is 30.7 Å². The van der Waals surface area contributed by atoms with Crippen LogP contribution in [0.1, 0.15) is 54.6 Å². The van der Waals surface area contributed by atoms with E-state index in [1.165, 1.54) is 23.1 Å². The van der Waals surface area contributed by atoms with Crippen LogP contribution >= 0.6 is 23.2 Å². The van der Waals surface area contributed by atoms with Gasteiger partial charge < -0.3 is 20.5 Å². The van der Waals surface area contributed by atoms with Crippen molar-refractivity contribution in [3.63, 3.8) is 0 Å². The Morgan fingerprint density at radius 3 is 2.52 bits per heavy atom. The Morgan fingerprint density at radius 2 is 1.95 bits per heavy atom. The maximum Gasteiger partial charge on any atom is 0.490 e. The Balaban J connectivity index is 0.000000616. The van der Waals surface area contributed by atoms with Gasteiger partial charge >= 0.3 is 12.1 Å². The number of nitrogens with zero attached hydrogens (tertiary/aromatic N) is 2. The lowest BCUT2D eigenvalue weighted by Crippen LogP contribution is -2.63. The minimum atomic E-state index is -5.08. The topological polar surface area (TPSA) is 156 Å². The van der Waals surface area contributed by atoms with Crippen molar-refractivity contribution in [1.82, 2.24) is 10.2 Å². The predicted octanol–water partition coefficient (Wildman–Crippen LogP) is 5.29. The van der Waals surface area contributed by atoms with Crippen molar-refractivity contribution >= 4 is 52.6 Å². The second kappa shape index (κ2) is 13.0. The number of nitrogens with one attached hydrogen (secondary N) is 3. The molecule has 0 saturated carbocycles. The van der Waals surface area contributed by atoms with E-state index in [1.54, 1.807) is 18.2 Å². The molecule has 0 bridgehead atoms. The first-order chi connectivity index (χ1) is 19.6. The quantitative estimate of drug-likeness (QED) is 0.359. The molecule has 0 spiro atoms. The largest absolute Gasteiger partial charge is 0.490 e. The van der Waals surface area contributed by atoms with Crippen LogP contribution in [0.3, 0.4) is 0 Å². The maximum absolute atomic E-state index is 13.2. The number of carbonyl (C=O) groups excluding carboxylic acids is 2. The number of ether oxygens (including phenoxy) is 1. The molecule has 4 N–H and O–H groups in total. The minimum absolute atomic E-state index is 0.0264. The van der Waals surface area contributed by atoms with Crippen LogP contribution < -0.4 is 10.6 Å². The van der Waals surface area contributed by atoms with E-state index in [1.807, 2.05) is 19.9 Å². The minimum Gasteiger partial charge on any atom is -0.475 e. The van der Waals surface area contributed by atoms with E-state index >= 15 is 0 Å². The van der Waals surface area contributed by atoms with Crippen LogP contribution in [0.5, 0.6) is 0 Å². The summed E-state index contributed by atoms with van der Waals surface area (Å²) in [5.41, 5.74) is 0.452. The molecule has 224 valence electrons. The first-order valence-corrected chi connectivity index (χ1v) is 13.2. The summed E-state index contributed by atoms with van der Waals surface area (Å²) in [6, 6.07) is 11.4. The molecule has 0 aromatic heterocycles. The van der Waals surface area contributed by atoms with E-state index in [9.17, 15) is 28.0 Å². The highest BCUT2D eigenvalue weighted by molar-refractivity contribution is 6.35. The summed E-state index contributed by atoms with van der Waals surface area (Å²) >= 11 is 12.7. The lowest BCUT2D eigenvalue weighted by molar-refractivity contribution is -0.192. The van der Waals surface area contributed by atoms with Gasteiger partial charge in [0.05, 0.1) is 39.4 Å². The maximum atomic E-state index is 13.2. The molecule has 0 unspecified atom stereocenters. The van der Waals surface area contributed by atoms with Gasteiger partial charge in [0, 0.05) is 18.2 Å². The number of carboxylic acids is 1. The third-order valence-electron chi connectivity index (χ3n) is 6.66. The number of nitriles is 1. The summed E-state index contributed by atoms with van der Waals surface area (Å²) in [5, 5.41) is 31.4. The zero-order valence-electron chi connectivity index (χ0n) is 22.3. The van der Waals surface area contributed by atoms with Gasteiger partial charge in [-0.1, -0.05) is 35.3 Å². The molecule has 4 rings (SSSR count). The molecule has 15 heteroatoms. The summed E-state index contributed by atoms with van der Waals surface area (Å²) in [4.78, 5) is 36.4. The average Bonchev–Trinajstić information content (AvgIpc) is 2.89. The molecular weight excluding hydrogens is 602 g/mol. The van der Waals surface area contributed by atoms with Crippen LogP contribution in [-0.4, -0.2) is 58.7 Å². The summed E-state index contributed by atoms with van der Waals surface area (Å²) in [6.45, 7) is 4.33. The molecule has 2 aliphatic rings. The van der Waals surface area contributed by atoms with Crippen LogP contribution in [0, 0.1) is 16.7 Å². The van der Waals surface area contributed by atoms with Crippen LogP contribution in [0.2, 0.25) is 10.0 Å². The van der Waals surface area contributed by atoms with Crippen LogP contribution in [0.4, 0.5) is 18.9 Å². The first-order valence-electron chi connectivity index (χ1n) is 12.5. The van der Waals surface area contributed by atoms with Crippen molar-refractivity contribution in [2.24, 2.45) is 0 Å². The molecule has 10 nitrogen and oxygen atoms in total. The molecule has 2 aromatic rings. The summed E-state index contributed by atoms with van der Waals surface area (Å²) in [6.07, 6.45) is -3.60. The average molecular weight is 628 g/mol. The van der Waals surface area contributed by atoms with E-state index in [0.717, 1.165) is 0 Å². The molecule has 2 aromatic carbocycles. The number of halogens is 5. The third-order valence-corrected chi connectivity index (χ3v) is 7.40. The number of hydrogen-bond acceptors (Lipinski definition) is 6. The first kappa shape index (κ1) is 32.7. The highest BCUT2D eigenvalue weighted by Gasteiger charge is 2.44.